The van der Waals surface area contributed by atoms with Crippen LogP contribution in [0.25, 0.3) is 0 Å². The van der Waals surface area contributed by atoms with Gasteiger partial charge in [-0.2, -0.15) is 0 Å². The molecule has 0 aromatic heterocycles. The lowest BCUT2D eigenvalue weighted by molar-refractivity contribution is -0.139. The molecule has 1 fully saturated rings. The zero-order valence-electron chi connectivity index (χ0n) is 7.25. The van der Waals surface area contributed by atoms with Crippen LogP contribution in [-0.4, -0.2) is 21.8 Å². The molecular formula is C8H11ClN2O2. The first-order chi connectivity index (χ1) is 5.96. The van der Waals surface area contributed by atoms with Crippen molar-refractivity contribution in [1.82, 2.24) is 0 Å². The van der Waals surface area contributed by atoms with Crippen LogP contribution >= 0.6 is 11.6 Å². The number of aliphatic imine (C=N–C) groups is 1. The smallest absolute Gasteiger partial charge is 0.331 e. The highest BCUT2D eigenvalue weighted by atomic mass is 35.5. The topological polar surface area (TPSA) is 75.7 Å². The summed E-state index contributed by atoms with van der Waals surface area (Å²) in [6, 6.07) is 0. The maximum absolute atomic E-state index is 10.7. The molecule has 1 aliphatic rings. The first-order valence-electron chi connectivity index (χ1n) is 3.89. The Morgan fingerprint density at radius 2 is 2.23 bits per heavy atom. The van der Waals surface area contributed by atoms with Crippen molar-refractivity contribution in [2.75, 3.05) is 0 Å². The van der Waals surface area contributed by atoms with Crippen LogP contribution in [0.4, 0.5) is 0 Å². The molecule has 0 aromatic rings. The molecule has 1 rings (SSSR count). The number of allylic oxidation sites excluding steroid dienone is 2. The van der Waals surface area contributed by atoms with Gasteiger partial charge in [-0.05, 0) is 25.8 Å². The predicted octanol–water partition coefficient (Wildman–Crippen LogP) is 1.10. The van der Waals surface area contributed by atoms with E-state index in [4.69, 9.17) is 22.4 Å². The molecule has 0 aromatic carbocycles. The van der Waals surface area contributed by atoms with Gasteiger partial charge in [-0.3, -0.25) is 4.99 Å². The zero-order valence-corrected chi connectivity index (χ0v) is 8.01. The third-order valence-electron chi connectivity index (χ3n) is 1.79. The zero-order chi connectivity index (χ0) is 10.1. The number of nitrogens with two attached hydrogens (primary N) is 1. The van der Waals surface area contributed by atoms with Gasteiger partial charge in [0.05, 0.1) is 0 Å². The van der Waals surface area contributed by atoms with Gasteiger partial charge in [0.15, 0.2) is 5.54 Å². The fraction of sp³-hybridized carbons (Fsp3) is 0.500. The molecule has 0 radical (unpaired) electrons. The average Bonchev–Trinajstić information content (AvgIpc) is 2.66. The van der Waals surface area contributed by atoms with E-state index in [1.165, 1.54) is 6.08 Å². The second-order valence-corrected chi connectivity index (χ2v) is 3.55. The van der Waals surface area contributed by atoms with Crippen LogP contribution < -0.4 is 5.73 Å². The van der Waals surface area contributed by atoms with Gasteiger partial charge in [0, 0.05) is 5.70 Å². The minimum absolute atomic E-state index is 0.153. The minimum atomic E-state index is -0.969. The van der Waals surface area contributed by atoms with Crippen LogP contribution in [-0.2, 0) is 4.79 Å². The summed E-state index contributed by atoms with van der Waals surface area (Å²) >= 11 is 5.67. The van der Waals surface area contributed by atoms with Crippen LogP contribution in [0, 0.1) is 0 Å². The summed E-state index contributed by atoms with van der Waals surface area (Å²) in [6.45, 7) is 1.66. The van der Waals surface area contributed by atoms with E-state index >= 15 is 0 Å². The Morgan fingerprint density at radius 1 is 1.69 bits per heavy atom. The van der Waals surface area contributed by atoms with E-state index in [9.17, 15) is 4.79 Å². The van der Waals surface area contributed by atoms with E-state index in [1.54, 1.807) is 6.92 Å². The van der Waals surface area contributed by atoms with Crippen LogP contribution in [0.3, 0.4) is 0 Å². The van der Waals surface area contributed by atoms with Gasteiger partial charge in [-0.15, -0.1) is 0 Å². The lowest BCUT2D eigenvalue weighted by atomic mass is 10.3. The molecule has 1 saturated carbocycles. The highest BCUT2D eigenvalue weighted by molar-refractivity contribution is 6.68. The highest BCUT2D eigenvalue weighted by Gasteiger charge is 2.50. The van der Waals surface area contributed by atoms with Gasteiger partial charge in [-0.25, -0.2) is 4.79 Å². The SMILES string of the molecule is CC(N)=CC(Cl)=NC1(C(=O)O)CC1. The number of carbonyl (C=O) groups is 1. The first-order valence-corrected chi connectivity index (χ1v) is 4.27. The summed E-state index contributed by atoms with van der Waals surface area (Å²) in [5.41, 5.74) is 4.90. The number of hydrogen-bond donors (Lipinski definition) is 2. The first kappa shape index (κ1) is 10.1. The summed E-state index contributed by atoms with van der Waals surface area (Å²) in [7, 11) is 0. The number of carboxylic acids is 1. The summed E-state index contributed by atoms with van der Waals surface area (Å²) in [4.78, 5) is 14.6. The predicted molar refractivity (Wildman–Crippen MR) is 50.8 cm³/mol. The van der Waals surface area contributed by atoms with Gasteiger partial charge in [0.1, 0.15) is 5.17 Å². The lowest BCUT2D eigenvalue weighted by Crippen LogP contribution is -2.20. The van der Waals surface area contributed by atoms with Crippen molar-refractivity contribution in [2.45, 2.75) is 25.3 Å². The number of hydrogen-bond acceptors (Lipinski definition) is 3. The Morgan fingerprint density at radius 3 is 2.54 bits per heavy atom. The molecule has 0 heterocycles. The van der Waals surface area contributed by atoms with Crippen LogP contribution in [0.15, 0.2) is 16.8 Å². The molecule has 5 heteroatoms. The van der Waals surface area contributed by atoms with Crippen molar-refractivity contribution in [1.29, 1.82) is 0 Å². The van der Waals surface area contributed by atoms with Crippen molar-refractivity contribution < 1.29 is 9.90 Å². The molecule has 4 nitrogen and oxygen atoms in total. The Bertz CT molecular complexity index is 289. The van der Waals surface area contributed by atoms with Gasteiger partial charge in [-0.1, -0.05) is 11.6 Å². The number of halogens is 1. The number of nitrogens with zero attached hydrogens (tertiary/aromatic N) is 1. The summed E-state index contributed by atoms with van der Waals surface area (Å²) in [5, 5.41) is 8.92. The van der Waals surface area contributed by atoms with Gasteiger partial charge in [0.25, 0.3) is 0 Å². The molecule has 1 aliphatic carbocycles. The number of rotatable bonds is 3. The van der Waals surface area contributed by atoms with Crippen molar-refractivity contribution in [3.63, 3.8) is 0 Å². The molecule has 0 saturated heterocycles. The molecular weight excluding hydrogens is 192 g/mol. The fourth-order valence-electron chi connectivity index (χ4n) is 0.916. The van der Waals surface area contributed by atoms with E-state index < -0.39 is 11.5 Å². The number of carboxylic acid groups (broad SMARTS) is 1. The molecule has 72 valence electrons. The number of aliphatic carboxylic acids is 1. The van der Waals surface area contributed by atoms with Gasteiger partial charge >= 0.3 is 5.97 Å². The van der Waals surface area contributed by atoms with E-state index in [0.29, 0.717) is 18.5 Å². The van der Waals surface area contributed by atoms with Gasteiger partial charge in [0.2, 0.25) is 0 Å². The Labute approximate surface area is 81.1 Å². The maximum Gasteiger partial charge on any atom is 0.331 e. The summed E-state index contributed by atoms with van der Waals surface area (Å²) in [6.07, 6.45) is 2.55. The molecule has 3 N–H and O–H groups in total. The second-order valence-electron chi connectivity index (χ2n) is 3.16. The summed E-state index contributed by atoms with van der Waals surface area (Å²) in [5.74, 6) is -0.922. The van der Waals surface area contributed by atoms with Crippen molar-refractivity contribution in [3.8, 4) is 0 Å². The molecule has 0 atom stereocenters. The Kier molecular flexibility index (Phi) is 2.61. The molecule has 0 amide bonds. The van der Waals surface area contributed by atoms with Crippen LogP contribution in [0.2, 0.25) is 0 Å². The molecule has 0 spiro atoms. The van der Waals surface area contributed by atoms with E-state index in [1.807, 2.05) is 0 Å². The highest BCUT2D eigenvalue weighted by Crippen LogP contribution is 2.40. The fourth-order valence-corrected chi connectivity index (χ4v) is 1.25. The summed E-state index contributed by atoms with van der Waals surface area (Å²) < 4.78 is 0. The molecule has 0 aliphatic heterocycles. The lowest BCUT2D eigenvalue weighted by Gasteiger charge is -2.02. The quantitative estimate of drug-likeness (QED) is 0.673. The standard InChI is InChI=1S/C8H11ClN2O2/c1-5(10)4-6(9)11-8(2-3-8)7(12)13/h4H,2-3,10H2,1H3,(H,12,13). The monoisotopic (exact) mass is 202 g/mol. The van der Waals surface area contributed by atoms with Crippen molar-refractivity contribution >= 4 is 22.7 Å². The Balaban J connectivity index is 2.76. The van der Waals surface area contributed by atoms with Crippen LogP contribution in [0.5, 0.6) is 0 Å². The van der Waals surface area contributed by atoms with Crippen molar-refractivity contribution in [2.24, 2.45) is 10.7 Å². The molecule has 0 unspecified atom stereocenters. The third-order valence-corrected chi connectivity index (χ3v) is 1.98. The normalized spacial score (nSPS) is 21.4. The molecule has 13 heavy (non-hydrogen) atoms. The Hall–Kier alpha value is -1.03. The van der Waals surface area contributed by atoms with Crippen LogP contribution in [0.1, 0.15) is 19.8 Å². The average molecular weight is 203 g/mol. The minimum Gasteiger partial charge on any atom is -0.479 e. The largest absolute Gasteiger partial charge is 0.479 e. The van der Waals surface area contributed by atoms with Gasteiger partial charge < -0.3 is 10.8 Å². The third kappa shape index (κ3) is 2.45. The van der Waals surface area contributed by atoms with E-state index in [-0.39, 0.29) is 5.17 Å². The molecule has 0 bridgehead atoms. The van der Waals surface area contributed by atoms with Crippen molar-refractivity contribution in [3.05, 3.63) is 11.8 Å². The maximum atomic E-state index is 10.7. The second kappa shape index (κ2) is 3.38. The van der Waals surface area contributed by atoms with E-state index in [0.717, 1.165) is 0 Å². The van der Waals surface area contributed by atoms with E-state index in [2.05, 4.69) is 4.99 Å².